The Hall–Kier alpha value is -4.17. The Balaban J connectivity index is 1.46. The molecule has 0 bridgehead atoms. The third-order valence-corrected chi connectivity index (χ3v) is 6.09. The lowest BCUT2D eigenvalue weighted by atomic mass is 9.98. The quantitative estimate of drug-likeness (QED) is 0.513. The average Bonchev–Trinajstić information content (AvgIpc) is 3.20. The number of fused-ring (bicyclic) bond motifs is 3. The number of carbonyl (C=O) groups is 3. The molecule has 1 atom stereocenters. The van der Waals surface area contributed by atoms with Crippen LogP contribution in [0.3, 0.4) is 0 Å². The van der Waals surface area contributed by atoms with E-state index < -0.39 is 24.0 Å². The summed E-state index contributed by atoms with van der Waals surface area (Å²) in [6.45, 7) is -0.00591. The minimum absolute atomic E-state index is 0.0272. The van der Waals surface area contributed by atoms with Crippen LogP contribution in [-0.2, 0) is 14.3 Å². The zero-order valence-electron chi connectivity index (χ0n) is 19.4. The first-order valence-electron chi connectivity index (χ1n) is 11.1. The molecule has 4 rings (SSSR count). The number of carboxylic acid groups (broad SMARTS) is 1. The van der Waals surface area contributed by atoms with Gasteiger partial charge in [-0.2, -0.15) is 0 Å². The number of methoxy groups -OCH3 is 1. The smallest absolute Gasteiger partial charge is 0.407 e. The standard InChI is InChI=1S/C27H26N2O6/c1-29(24-14-8-7-13-21(24)26(31)32)25(30)23(16-34-2)28-27(33)35-15-22-19-11-5-3-9-17(19)18-10-4-6-12-20(18)22/h3-14,22-23H,15-16H2,1-2H3,(H,28,33)(H,31,32). The number of benzene rings is 3. The van der Waals surface area contributed by atoms with Gasteiger partial charge in [0, 0.05) is 20.1 Å². The fourth-order valence-electron chi connectivity index (χ4n) is 4.42. The van der Waals surface area contributed by atoms with Crippen molar-refractivity contribution in [2.45, 2.75) is 12.0 Å². The number of likely N-dealkylation sites (N-methyl/N-ethyl adjacent to an activating group) is 1. The number of carbonyl (C=O) groups excluding carboxylic acids is 2. The van der Waals surface area contributed by atoms with Crippen molar-refractivity contribution in [3.63, 3.8) is 0 Å². The number of hydrogen-bond acceptors (Lipinski definition) is 5. The van der Waals surface area contributed by atoms with E-state index in [1.807, 2.05) is 48.5 Å². The predicted octanol–water partition coefficient (Wildman–Crippen LogP) is 3.90. The maximum absolute atomic E-state index is 13.1. The molecule has 8 nitrogen and oxygen atoms in total. The van der Waals surface area contributed by atoms with E-state index in [2.05, 4.69) is 5.32 Å². The molecule has 0 fully saturated rings. The van der Waals surface area contributed by atoms with Crippen LogP contribution >= 0.6 is 0 Å². The summed E-state index contributed by atoms with van der Waals surface area (Å²) in [5, 5.41) is 12.0. The van der Waals surface area contributed by atoms with Gasteiger partial charge in [0.1, 0.15) is 12.6 Å². The largest absolute Gasteiger partial charge is 0.478 e. The fraction of sp³-hybridized carbons (Fsp3) is 0.222. The molecular weight excluding hydrogens is 448 g/mol. The third-order valence-electron chi connectivity index (χ3n) is 6.09. The van der Waals surface area contributed by atoms with Crippen LogP contribution in [0.15, 0.2) is 72.8 Å². The number of rotatable bonds is 8. The van der Waals surface area contributed by atoms with Crippen molar-refractivity contribution in [3.05, 3.63) is 89.5 Å². The monoisotopic (exact) mass is 474 g/mol. The van der Waals surface area contributed by atoms with Crippen LogP contribution in [0, 0.1) is 0 Å². The molecule has 2 amide bonds. The van der Waals surface area contributed by atoms with E-state index in [4.69, 9.17) is 9.47 Å². The fourth-order valence-corrected chi connectivity index (χ4v) is 4.42. The van der Waals surface area contributed by atoms with Crippen LogP contribution in [0.4, 0.5) is 10.5 Å². The summed E-state index contributed by atoms with van der Waals surface area (Å²) in [5.74, 6) is -1.81. The Morgan fingerprint density at radius 3 is 2.11 bits per heavy atom. The first-order valence-corrected chi connectivity index (χ1v) is 11.1. The first-order chi connectivity index (χ1) is 16.9. The normalized spacial score (nSPS) is 12.9. The number of carboxylic acids is 1. The SMILES string of the molecule is COCC(NC(=O)OCC1c2ccccc2-c2ccccc21)C(=O)N(C)c1ccccc1C(=O)O. The summed E-state index contributed by atoms with van der Waals surface area (Å²) >= 11 is 0. The molecule has 0 saturated heterocycles. The number of ether oxygens (including phenoxy) is 2. The van der Waals surface area contributed by atoms with Gasteiger partial charge in [0.2, 0.25) is 0 Å². The van der Waals surface area contributed by atoms with Crippen LogP contribution in [0.25, 0.3) is 11.1 Å². The van der Waals surface area contributed by atoms with Crippen molar-refractivity contribution in [1.29, 1.82) is 0 Å². The molecule has 0 aromatic heterocycles. The maximum Gasteiger partial charge on any atom is 0.407 e. The van der Waals surface area contributed by atoms with Gasteiger partial charge in [-0.3, -0.25) is 4.79 Å². The highest BCUT2D eigenvalue weighted by Gasteiger charge is 2.31. The van der Waals surface area contributed by atoms with Crippen LogP contribution in [0.1, 0.15) is 27.4 Å². The van der Waals surface area contributed by atoms with E-state index in [-0.39, 0.29) is 30.4 Å². The van der Waals surface area contributed by atoms with Crippen molar-refractivity contribution < 1.29 is 29.0 Å². The molecule has 3 aromatic carbocycles. The van der Waals surface area contributed by atoms with Gasteiger partial charge in [0.05, 0.1) is 17.9 Å². The minimum atomic E-state index is -1.16. The molecule has 0 saturated carbocycles. The lowest BCUT2D eigenvalue weighted by molar-refractivity contribution is -0.121. The summed E-state index contributed by atoms with van der Waals surface area (Å²) < 4.78 is 10.7. The van der Waals surface area contributed by atoms with E-state index >= 15 is 0 Å². The molecule has 180 valence electrons. The van der Waals surface area contributed by atoms with E-state index in [9.17, 15) is 19.5 Å². The number of anilines is 1. The average molecular weight is 475 g/mol. The highest BCUT2D eigenvalue weighted by Crippen LogP contribution is 2.44. The minimum Gasteiger partial charge on any atom is -0.478 e. The lowest BCUT2D eigenvalue weighted by Gasteiger charge is -2.25. The highest BCUT2D eigenvalue weighted by atomic mass is 16.5. The van der Waals surface area contributed by atoms with E-state index in [0.717, 1.165) is 22.3 Å². The van der Waals surface area contributed by atoms with Gasteiger partial charge in [0.15, 0.2) is 0 Å². The molecule has 8 heteroatoms. The number of nitrogens with one attached hydrogen (secondary N) is 1. The molecule has 0 spiro atoms. The number of para-hydroxylation sites is 1. The molecule has 35 heavy (non-hydrogen) atoms. The Bertz CT molecular complexity index is 1210. The summed E-state index contributed by atoms with van der Waals surface area (Å²) in [5.41, 5.74) is 4.57. The molecule has 1 aliphatic rings. The summed E-state index contributed by atoms with van der Waals surface area (Å²) in [6.07, 6.45) is -0.762. The third kappa shape index (κ3) is 4.88. The highest BCUT2D eigenvalue weighted by molar-refractivity contribution is 6.04. The second-order valence-corrected chi connectivity index (χ2v) is 8.20. The van der Waals surface area contributed by atoms with Crippen LogP contribution in [0.2, 0.25) is 0 Å². The van der Waals surface area contributed by atoms with Gasteiger partial charge in [-0.25, -0.2) is 9.59 Å². The van der Waals surface area contributed by atoms with Crippen molar-refractivity contribution >= 4 is 23.7 Å². The summed E-state index contributed by atoms with van der Waals surface area (Å²) in [7, 11) is 2.86. The Kier molecular flexibility index (Phi) is 7.12. The van der Waals surface area contributed by atoms with E-state index in [0.29, 0.717) is 0 Å². The van der Waals surface area contributed by atoms with Crippen LogP contribution < -0.4 is 10.2 Å². The number of alkyl carbamates (subject to hydrolysis) is 1. The second-order valence-electron chi connectivity index (χ2n) is 8.20. The van der Waals surface area contributed by atoms with Crippen molar-refractivity contribution in [2.24, 2.45) is 0 Å². The second kappa shape index (κ2) is 10.4. The van der Waals surface area contributed by atoms with Gasteiger partial charge < -0.3 is 24.8 Å². The number of hydrogen-bond donors (Lipinski definition) is 2. The lowest BCUT2D eigenvalue weighted by Crippen LogP contribution is -2.50. The van der Waals surface area contributed by atoms with Crippen LogP contribution in [-0.4, -0.2) is 56.5 Å². The molecule has 0 aliphatic heterocycles. The van der Waals surface area contributed by atoms with Crippen molar-refractivity contribution in [1.82, 2.24) is 5.32 Å². The van der Waals surface area contributed by atoms with Gasteiger partial charge in [0.25, 0.3) is 5.91 Å². The molecule has 0 radical (unpaired) electrons. The Morgan fingerprint density at radius 1 is 0.943 bits per heavy atom. The van der Waals surface area contributed by atoms with E-state index in [1.54, 1.807) is 12.1 Å². The van der Waals surface area contributed by atoms with Crippen molar-refractivity contribution in [2.75, 3.05) is 32.3 Å². The predicted molar refractivity (Wildman–Crippen MR) is 131 cm³/mol. The molecule has 1 aliphatic carbocycles. The topological polar surface area (TPSA) is 105 Å². The number of amides is 2. The number of nitrogens with zero attached hydrogens (tertiary/aromatic N) is 1. The molecule has 1 unspecified atom stereocenters. The zero-order valence-corrected chi connectivity index (χ0v) is 19.4. The van der Waals surface area contributed by atoms with Gasteiger partial charge in [-0.1, -0.05) is 60.7 Å². The Morgan fingerprint density at radius 2 is 1.51 bits per heavy atom. The molecule has 3 aromatic rings. The summed E-state index contributed by atoms with van der Waals surface area (Å²) in [6, 6.07) is 21.1. The van der Waals surface area contributed by atoms with Crippen LogP contribution in [0.5, 0.6) is 0 Å². The van der Waals surface area contributed by atoms with E-state index in [1.165, 1.54) is 31.2 Å². The molecule has 0 heterocycles. The zero-order chi connectivity index (χ0) is 24.9. The van der Waals surface area contributed by atoms with Gasteiger partial charge in [-0.05, 0) is 34.4 Å². The molecular formula is C27H26N2O6. The number of aromatic carboxylic acids is 1. The van der Waals surface area contributed by atoms with Crippen molar-refractivity contribution in [3.8, 4) is 11.1 Å². The Labute approximate surface area is 203 Å². The van der Waals surface area contributed by atoms with Gasteiger partial charge >= 0.3 is 12.1 Å². The summed E-state index contributed by atoms with van der Waals surface area (Å²) in [4.78, 5) is 38.6. The maximum atomic E-state index is 13.1. The first kappa shape index (κ1) is 24.0. The molecule has 2 N–H and O–H groups in total. The van der Waals surface area contributed by atoms with Gasteiger partial charge in [-0.15, -0.1) is 0 Å².